The van der Waals surface area contributed by atoms with E-state index in [1.54, 1.807) is 37.3 Å². The molecule has 0 fully saturated rings. The van der Waals surface area contributed by atoms with Crippen molar-refractivity contribution in [2.45, 2.75) is 6.92 Å². The molecule has 2 aromatic rings. The van der Waals surface area contributed by atoms with Gasteiger partial charge in [-0.1, -0.05) is 12.1 Å². The average Bonchev–Trinajstić information content (AvgIpc) is 2.69. The number of methoxy groups -OCH3 is 1. The van der Waals surface area contributed by atoms with Gasteiger partial charge in [0.25, 0.3) is 0 Å². The minimum absolute atomic E-state index is 0.0527. The summed E-state index contributed by atoms with van der Waals surface area (Å²) in [5.74, 6) is -2.45. The minimum atomic E-state index is -1.16. The standard InChI is InChI=1S/C19H19N3O6/c1-3-28-16-7-5-4-6-14(16)21-17(23)18(24)22-20-11-12-8-9-15(27-2)13(10-12)19(25)26/h4-11H,3H2,1-2H3,(H,21,23)(H,22,24)(H,25,26)/b20-11-. The van der Waals surface area contributed by atoms with Crippen molar-refractivity contribution in [1.82, 2.24) is 5.43 Å². The molecule has 0 saturated heterocycles. The van der Waals surface area contributed by atoms with E-state index < -0.39 is 17.8 Å². The molecule has 0 aliphatic carbocycles. The van der Waals surface area contributed by atoms with Gasteiger partial charge in [0.2, 0.25) is 0 Å². The highest BCUT2D eigenvalue weighted by Crippen LogP contribution is 2.23. The van der Waals surface area contributed by atoms with Gasteiger partial charge in [0.15, 0.2) is 0 Å². The zero-order chi connectivity index (χ0) is 20.5. The molecule has 0 bridgehead atoms. The SMILES string of the molecule is CCOc1ccccc1NC(=O)C(=O)N/N=C\c1ccc(OC)c(C(=O)O)c1. The molecule has 146 valence electrons. The second kappa shape index (κ2) is 9.72. The van der Waals surface area contributed by atoms with Gasteiger partial charge >= 0.3 is 17.8 Å². The van der Waals surface area contributed by atoms with Crippen LogP contribution in [0.2, 0.25) is 0 Å². The van der Waals surface area contributed by atoms with Crippen molar-refractivity contribution in [2.75, 3.05) is 19.0 Å². The van der Waals surface area contributed by atoms with E-state index in [-0.39, 0.29) is 11.3 Å². The van der Waals surface area contributed by atoms with Crippen LogP contribution in [0.4, 0.5) is 5.69 Å². The number of anilines is 1. The van der Waals surface area contributed by atoms with Crippen molar-refractivity contribution in [2.24, 2.45) is 5.10 Å². The van der Waals surface area contributed by atoms with Gasteiger partial charge in [-0.3, -0.25) is 9.59 Å². The molecule has 9 heteroatoms. The van der Waals surface area contributed by atoms with Crippen LogP contribution >= 0.6 is 0 Å². The summed E-state index contributed by atoms with van der Waals surface area (Å²) >= 11 is 0. The summed E-state index contributed by atoms with van der Waals surface area (Å²) < 4.78 is 10.3. The second-order valence-corrected chi connectivity index (χ2v) is 5.35. The Morgan fingerprint density at radius 2 is 1.86 bits per heavy atom. The zero-order valence-electron chi connectivity index (χ0n) is 15.3. The van der Waals surface area contributed by atoms with Crippen molar-refractivity contribution >= 4 is 29.7 Å². The molecule has 0 saturated carbocycles. The van der Waals surface area contributed by atoms with Crippen LogP contribution < -0.4 is 20.2 Å². The first kappa shape index (κ1) is 20.4. The fourth-order valence-electron chi connectivity index (χ4n) is 2.22. The Kier molecular flexibility index (Phi) is 7.09. The number of para-hydroxylation sites is 2. The van der Waals surface area contributed by atoms with E-state index in [9.17, 15) is 14.4 Å². The van der Waals surface area contributed by atoms with Gasteiger partial charge in [-0.25, -0.2) is 10.2 Å². The average molecular weight is 385 g/mol. The van der Waals surface area contributed by atoms with E-state index in [2.05, 4.69) is 15.8 Å². The molecule has 3 N–H and O–H groups in total. The first-order valence-corrected chi connectivity index (χ1v) is 8.23. The van der Waals surface area contributed by atoms with Crippen LogP contribution in [0.5, 0.6) is 11.5 Å². The number of carboxylic acid groups (broad SMARTS) is 1. The molecular weight excluding hydrogens is 366 g/mol. The highest BCUT2D eigenvalue weighted by atomic mass is 16.5. The highest BCUT2D eigenvalue weighted by molar-refractivity contribution is 6.39. The van der Waals surface area contributed by atoms with Gasteiger partial charge in [-0.05, 0) is 42.8 Å². The molecule has 0 aliphatic rings. The maximum atomic E-state index is 12.0. The number of hydrazone groups is 1. The highest BCUT2D eigenvalue weighted by Gasteiger charge is 2.15. The topological polar surface area (TPSA) is 126 Å². The van der Waals surface area contributed by atoms with Crippen molar-refractivity contribution in [3.63, 3.8) is 0 Å². The number of amides is 2. The molecular formula is C19H19N3O6. The summed E-state index contributed by atoms with van der Waals surface area (Å²) in [4.78, 5) is 35.1. The minimum Gasteiger partial charge on any atom is -0.496 e. The van der Waals surface area contributed by atoms with Crippen LogP contribution in [0, 0.1) is 0 Å². The van der Waals surface area contributed by atoms with E-state index >= 15 is 0 Å². The summed E-state index contributed by atoms with van der Waals surface area (Å²) in [6.45, 7) is 2.21. The monoisotopic (exact) mass is 385 g/mol. The molecule has 0 spiro atoms. The molecule has 2 rings (SSSR count). The molecule has 0 unspecified atom stereocenters. The Hall–Kier alpha value is -3.88. The van der Waals surface area contributed by atoms with Crippen molar-refractivity contribution in [1.29, 1.82) is 0 Å². The van der Waals surface area contributed by atoms with E-state index in [0.717, 1.165) is 0 Å². The third-order valence-corrected chi connectivity index (χ3v) is 3.47. The molecule has 9 nitrogen and oxygen atoms in total. The van der Waals surface area contributed by atoms with Gasteiger partial charge < -0.3 is 19.9 Å². The molecule has 2 amide bonds. The molecule has 0 atom stereocenters. The number of nitrogens with one attached hydrogen (secondary N) is 2. The van der Waals surface area contributed by atoms with Crippen molar-refractivity contribution in [3.8, 4) is 11.5 Å². The third-order valence-electron chi connectivity index (χ3n) is 3.47. The molecule has 0 radical (unpaired) electrons. The Balaban J connectivity index is 2.01. The number of nitrogens with zero attached hydrogens (tertiary/aromatic N) is 1. The Morgan fingerprint density at radius 3 is 2.54 bits per heavy atom. The van der Waals surface area contributed by atoms with E-state index in [4.69, 9.17) is 14.6 Å². The van der Waals surface area contributed by atoms with Crippen molar-refractivity contribution in [3.05, 3.63) is 53.6 Å². The van der Waals surface area contributed by atoms with E-state index in [0.29, 0.717) is 23.6 Å². The summed E-state index contributed by atoms with van der Waals surface area (Å²) in [6, 6.07) is 11.0. The predicted octanol–water partition coefficient (Wildman–Crippen LogP) is 1.88. The normalized spacial score (nSPS) is 10.4. The summed E-state index contributed by atoms with van der Waals surface area (Å²) in [5.41, 5.74) is 2.79. The van der Waals surface area contributed by atoms with Crippen LogP contribution in [-0.4, -0.2) is 42.8 Å². The summed E-state index contributed by atoms with van der Waals surface area (Å²) in [7, 11) is 1.36. The van der Waals surface area contributed by atoms with E-state index in [1.807, 2.05) is 0 Å². The lowest BCUT2D eigenvalue weighted by Crippen LogP contribution is -2.32. The van der Waals surface area contributed by atoms with Crippen LogP contribution in [0.15, 0.2) is 47.6 Å². The molecule has 28 heavy (non-hydrogen) atoms. The lowest BCUT2D eigenvalue weighted by molar-refractivity contribution is -0.136. The molecule has 0 aliphatic heterocycles. The predicted molar refractivity (Wildman–Crippen MR) is 102 cm³/mol. The number of rotatable bonds is 7. The number of aromatic carboxylic acids is 1. The summed E-state index contributed by atoms with van der Waals surface area (Å²) in [6.07, 6.45) is 1.21. The second-order valence-electron chi connectivity index (χ2n) is 5.35. The Labute approximate surface area is 161 Å². The number of ether oxygens (including phenoxy) is 2. The smallest absolute Gasteiger partial charge is 0.339 e. The number of benzene rings is 2. The van der Waals surface area contributed by atoms with Gasteiger partial charge in [0.1, 0.15) is 17.1 Å². The number of carbonyl (C=O) groups is 3. The Bertz CT molecular complexity index is 910. The largest absolute Gasteiger partial charge is 0.496 e. The fraction of sp³-hybridized carbons (Fsp3) is 0.158. The number of hydrogen-bond acceptors (Lipinski definition) is 6. The maximum Gasteiger partial charge on any atom is 0.339 e. The molecule has 0 aromatic heterocycles. The number of hydrogen-bond donors (Lipinski definition) is 3. The lowest BCUT2D eigenvalue weighted by atomic mass is 10.1. The van der Waals surface area contributed by atoms with Gasteiger partial charge in [0, 0.05) is 0 Å². The Morgan fingerprint density at radius 1 is 1.11 bits per heavy atom. The molecule has 2 aromatic carbocycles. The van der Waals surface area contributed by atoms with Crippen LogP contribution in [0.1, 0.15) is 22.8 Å². The van der Waals surface area contributed by atoms with Crippen LogP contribution in [0.25, 0.3) is 0 Å². The van der Waals surface area contributed by atoms with E-state index in [1.165, 1.54) is 25.5 Å². The van der Waals surface area contributed by atoms with Gasteiger partial charge in [-0.15, -0.1) is 0 Å². The quantitative estimate of drug-likeness (QED) is 0.379. The zero-order valence-corrected chi connectivity index (χ0v) is 15.3. The van der Waals surface area contributed by atoms with Crippen LogP contribution in [-0.2, 0) is 9.59 Å². The summed E-state index contributed by atoms with van der Waals surface area (Å²) in [5, 5.41) is 15.3. The first-order valence-electron chi connectivity index (χ1n) is 8.23. The number of carboxylic acids is 1. The molecule has 0 heterocycles. The first-order chi connectivity index (χ1) is 13.5. The number of carbonyl (C=O) groups excluding carboxylic acids is 2. The van der Waals surface area contributed by atoms with Crippen LogP contribution in [0.3, 0.4) is 0 Å². The van der Waals surface area contributed by atoms with Gasteiger partial charge in [-0.2, -0.15) is 5.10 Å². The third kappa shape index (κ3) is 5.31. The van der Waals surface area contributed by atoms with Gasteiger partial charge in [0.05, 0.1) is 25.6 Å². The fourth-order valence-corrected chi connectivity index (χ4v) is 2.22. The lowest BCUT2D eigenvalue weighted by Gasteiger charge is -2.10. The maximum absolute atomic E-state index is 12.0. The van der Waals surface area contributed by atoms with Crippen molar-refractivity contribution < 1.29 is 29.0 Å².